The van der Waals surface area contributed by atoms with Gasteiger partial charge >= 0.3 is 0 Å². The second kappa shape index (κ2) is 3.23. The lowest BCUT2D eigenvalue weighted by molar-refractivity contribution is 0.215. The Balaban J connectivity index is 2.85. The van der Waals surface area contributed by atoms with E-state index in [9.17, 15) is 0 Å². The molecule has 1 heterocycles. The van der Waals surface area contributed by atoms with Crippen molar-refractivity contribution in [2.75, 3.05) is 7.11 Å². The highest BCUT2D eigenvalue weighted by atomic mass is 16.6. The lowest BCUT2D eigenvalue weighted by Gasteiger charge is -1.85. The van der Waals surface area contributed by atoms with Crippen molar-refractivity contribution in [3.63, 3.8) is 0 Å². The Morgan fingerprint density at radius 2 is 2.27 bits per heavy atom. The van der Waals surface area contributed by atoms with Crippen molar-refractivity contribution in [3.05, 3.63) is 23.2 Å². The first-order chi connectivity index (χ1) is 5.24. The van der Waals surface area contributed by atoms with Crippen LogP contribution >= 0.6 is 0 Å². The van der Waals surface area contributed by atoms with Crippen LogP contribution in [0.2, 0.25) is 0 Å². The smallest absolute Gasteiger partial charge is 0.109 e. The molecule has 3 heteroatoms. The molecule has 0 atom stereocenters. The summed E-state index contributed by atoms with van der Waals surface area (Å²) < 4.78 is 5.26. The standard InChI is InChI=1S/C8H11NO2/c1-6-4-8(5-9-10-3)7(2)11-6/h4-5H,1-3H3/b9-5+. The molecule has 1 aromatic heterocycles. The zero-order valence-corrected chi connectivity index (χ0v) is 6.92. The van der Waals surface area contributed by atoms with Crippen LogP contribution in [0.5, 0.6) is 0 Å². The molecule has 11 heavy (non-hydrogen) atoms. The fourth-order valence-electron chi connectivity index (χ4n) is 0.888. The van der Waals surface area contributed by atoms with Gasteiger partial charge in [-0.1, -0.05) is 5.16 Å². The van der Waals surface area contributed by atoms with E-state index in [-0.39, 0.29) is 0 Å². The largest absolute Gasteiger partial charge is 0.466 e. The van der Waals surface area contributed by atoms with Gasteiger partial charge in [-0.15, -0.1) is 0 Å². The molecule has 1 rings (SSSR count). The molecule has 3 nitrogen and oxygen atoms in total. The van der Waals surface area contributed by atoms with E-state index < -0.39 is 0 Å². The van der Waals surface area contributed by atoms with Crippen molar-refractivity contribution < 1.29 is 9.25 Å². The summed E-state index contributed by atoms with van der Waals surface area (Å²) in [5, 5.41) is 3.63. The minimum absolute atomic E-state index is 0.864. The van der Waals surface area contributed by atoms with Gasteiger partial charge in [0.1, 0.15) is 18.6 Å². The van der Waals surface area contributed by atoms with Crippen LogP contribution in [0.25, 0.3) is 0 Å². The average Bonchev–Trinajstić information content (AvgIpc) is 2.26. The zero-order valence-electron chi connectivity index (χ0n) is 6.92. The highest BCUT2D eigenvalue weighted by Crippen LogP contribution is 2.10. The first kappa shape index (κ1) is 7.85. The van der Waals surface area contributed by atoms with Gasteiger partial charge in [-0.05, 0) is 19.9 Å². The summed E-state index contributed by atoms with van der Waals surface area (Å²) in [6.45, 7) is 3.79. The second-order valence-electron chi connectivity index (χ2n) is 2.29. The molecule has 0 aliphatic heterocycles. The molecular weight excluding hydrogens is 142 g/mol. The molecule has 0 N–H and O–H groups in total. The number of nitrogens with zero attached hydrogens (tertiary/aromatic N) is 1. The number of hydrogen-bond donors (Lipinski definition) is 0. The van der Waals surface area contributed by atoms with E-state index >= 15 is 0 Å². The maximum Gasteiger partial charge on any atom is 0.109 e. The summed E-state index contributed by atoms with van der Waals surface area (Å²) in [5.41, 5.74) is 0.962. The molecule has 0 aromatic carbocycles. The summed E-state index contributed by atoms with van der Waals surface area (Å²) in [5.74, 6) is 1.75. The van der Waals surface area contributed by atoms with Crippen LogP contribution in [0.1, 0.15) is 17.1 Å². The third-order valence-corrected chi connectivity index (χ3v) is 1.38. The Kier molecular flexibility index (Phi) is 2.31. The Morgan fingerprint density at radius 1 is 1.55 bits per heavy atom. The molecule has 0 amide bonds. The van der Waals surface area contributed by atoms with E-state index in [4.69, 9.17) is 4.42 Å². The number of hydrogen-bond acceptors (Lipinski definition) is 3. The SMILES string of the molecule is CO/N=C/c1cc(C)oc1C. The highest BCUT2D eigenvalue weighted by molar-refractivity contribution is 5.80. The van der Waals surface area contributed by atoms with Crippen molar-refractivity contribution in [3.8, 4) is 0 Å². The predicted molar refractivity (Wildman–Crippen MR) is 42.8 cm³/mol. The average molecular weight is 153 g/mol. The number of furan rings is 1. The quantitative estimate of drug-likeness (QED) is 0.480. The maximum absolute atomic E-state index is 5.26. The number of aryl methyl sites for hydroxylation is 2. The van der Waals surface area contributed by atoms with Gasteiger partial charge in [0.2, 0.25) is 0 Å². The van der Waals surface area contributed by atoms with Gasteiger partial charge in [-0.3, -0.25) is 0 Å². The van der Waals surface area contributed by atoms with E-state index in [1.165, 1.54) is 7.11 Å². The van der Waals surface area contributed by atoms with Crippen molar-refractivity contribution >= 4 is 6.21 Å². The molecule has 0 aliphatic carbocycles. The molecule has 0 radical (unpaired) electrons. The van der Waals surface area contributed by atoms with Gasteiger partial charge in [0, 0.05) is 5.56 Å². The molecule has 1 aromatic rings. The van der Waals surface area contributed by atoms with Crippen molar-refractivity contribution in [1.29, 1.82) is 0 Å². The maximum atomic E-state index is 5.26. The predicted octanol–water partition coefficient (Wildman–Crippen LogP) is 1.88. The molecule has 0 aliphatic rings. The van der Waals surface area contributed by atoms with E-state index in [1.807, 2.05) is 19.9 Å². The van der Waals surface area contributed by atoms with Gasteiger partial charge in [0.05, 0.1) is 6.21 Å². The van der Waals surface area contributed by atoms with Gasteiger partial charge < -0.3 is 9.25 Å². The van der Waals surface area contributed by atoms with E-state index in [1.54, 1.807) is 6.21 Å². The molecule has 0 unspecified atom stereocenters. The Morgan fingerprint density at radius 3 is 2.73 bits per heavy atom. The first-order valence-electron chi connectivity index (χ1n) is 3.37. The fraction of sp³-hybridized carbons (Fsp3) is 0.375. The van der Waals surface area contributed by atoms with E-state index in [0.29, 0.717) is 0 Å². The van der Waals surface area contributed by atoms with Crippen molar-refractivity contribution in [2.45, 2.75) is 13.8 Å². The van der Waals surface area contributed by atoms with Gasteiger partial charge in [0.25, 0.3) is 0 Å². The lowest BCUT2D eigenvalue weighted by Crippen LogP contribution is -1.80. The third-order valence-electron chi connectivity index (χ3n) is 1.38. The lowest BCUT2D eigenvalue weighted by atomic mass is 10.3. The van der Waals surface area contributed by atoms with E-state index in [0.717, 1.165) is 17.1 Å². The van der Waals surface area contributed by atoms with Crippen LogP contribution in [0.4, 0.5) is 0 Å². The molecule has 0 fully saturated rings. The van der Waals surface area contributed by atoms with E-state index in [2.05, 4.69) is 9.99 Å². The molecule has 0 spiro atoms. The fourth-order valence-corrected chi connectivity index (χ4v) is 0.888. The Hall–Kier alpha value is -1.25. The molecule has 0 saturated heterocycles. The molecule has 60 valence electrons. The molecular formula is C8H11NO2. The van der Waals surface area contributed by atoms with Crippen molar-refractivity contribution in [1.82, 2.24) is 0 Å². The third kappa shape index (κ3) is 1.83. The summed E-state index contributed by atoms with van der Waals surface area (Å²) in [6.07, 6.45) is 1.63. The van der Waals surface area contributed by atoms with Gasteiger partial charge in [-0.2, -0.15) is 0 Å². The summed E-state index contributed by atoms with van der Waals surface area (Å²) >= 11 is 0. The summed E-state index contributed by atoms with van der Waals surface area (Å²) in [6, 6.07) is 1.91. The number of oxime groups is 1. The van der Waals surface area contributed by atoms with Crippen LogP contribution < -0.4 is 0 Å². The van der Waals surface area contributed by atoms with Crippen LogP contribution in [-0.4, -0.2) is 13.3 Å². The van der Waals surface area contributed by atoms with Gasteiger partial charge in [0.15, 0.2) is 0 Å². The van der Waals surface area contributed by atoms with Crippen molar-refractivity contribution in [2.24, 2.45) is 5.16 Å². The number of rotatable bonds is 2. The topological polar surface area (TPSA) is 34.7 Å². The Bertz CT molecular complexity index is 263. The highest BCUT2D eigenvalue weighted by Gasteiger charge is 2.00. The summed E-state index contributed by atoms with van der Waals surface area (Å²) in [7, 11) is 1.51. The molecule has 0 saturated carbocycles. The minimum atomic E-state index is 0.864. The normalized spacial score (nSPS) is 10.8. The van der Waals surface area contributed by atoms with Crippen LogP contribution in [0.15, 0.2) is 15.6 Å². The Labute approximate surface area is 65.6 Å². The zero-order chi connectivity index (χ0) is 8.27. The summed E-state index contributed by atoms with van der Waals surface area (Å²) in [4.78, 5) is 4.54. The van der Waals surface area contributed by atoms with Crippen LogP contribution in [0, 0.1) is 13.8 Å². The van der Waals surface area contributed by atoms with Crippen LogP contribution in [0.3, 0.4) is 0 Å². The molecule has 0 bridgehead atoms. The first-order valence-corrected chi connectivity index (χ1v) is 3.37. The van der Waals surface area contributed by atoms with Crippen LogP contribution in [-0.2, 0) is 4.84 Å². The monoisotopic (exact) mass is 153 g/mol. The second-order valence-corrected chi connectivity index (χ2v) is 2.29. The minimum Gasteiger partial charge on any atom is -0.466 e. The van der Waals surface area contributed by atoms with Gasteiger partial charge in [-0.25, -0.2) is 0 Å².